The highest BCUT2D eigenvalue weighted by Gasteiger charge is 2.00. The fraction of sp³-hybridized carbons (Fsp3) is 0.0526. The first-order chi connectivity index (χ1) is 10.3. The van der Waals surface area contributed by atoms with Crippen LogP contribution in [0.5, 0.6) is 5.75 Å². The molecule has 102 valence electrons. The van der Waals surface area contributed by atoms with Crippen LogP contribution in [0.4, 0.5) is 0 Å². The van der Waals surface area contributed by atoms with Crippen molar-refractivity contribution in [1.82, 2.24) is 0 Å². The quantitative estimate of drug-likeness (QED) is 0.473. The Kier molecular flexibility index (Phi) is 5.18. The largest absolute Gasteiger partial charge is 0.481 e. The third-order valence-electron chi connectivity index (χ3n) is 2.84. The van der Waals surface area contributed by atoms with Gasteiger partial charge in [-0.1, -0.05) is 42.3 Å². The molecule has 0 heterocycles. The van der Waals surface area contributed by atoms with Crippen molar-refractivity contribution in [3.8, 4) is 18.1 Å². The molecule has 0 bridgehead atoms. The maximum atomic E-state index is 11.1. The minimum absolute atomic E-state index is 0.226. The second kappa shape index (κ2) is 7.55. The molecule has 2 aromatic rings. The predicted octanol–water partition coefficient (Wildman–Crippen LogP) is 3.63. The smallest absolute Gasteiger partial charge is 0.148 e. The topological polar surface area (TPSA) is 26.3 Å². The second-order valence-corrected chi connectivity index (χ2v) is 4.28. The normalized spacial score (nSPS) is 9.86. The van der Waals surface area contributed by atoms with E-state index in [1.165, 1.54) is 0 Å². The Labute approximate surface area is 124 Å². The van der Waals surface area contributed by atoms with Crippen LogP contribution in [0.3, 0.4) is 0 Å². The van der Waals surface area contributed by atoms with Gasteiger partial charge in [0, 0.05) is 0 Å². The summed E-state index contributed by atoms with van der Waals surface area (Å²) in [6, 6.07) is 16.9. The van der Waals surface area contributed by atoms with Crippen molar-refractivity contribution in [3.05, 3.63) is 71.8 Å². The lowest BCUT2D eigenvalue weighted by Gasteiger charge is -2.03. The Balaban J connectivity index is 2.13. The molecule has 0 aliphatic rings. The molecule has 0 saturated heterocycles. The van der Waals surface area contributed by atoms with E-state index in [9.17, 15) is 4.79 Å². The summed E-state index contributed by atoms with van der Waals surface area (Å²) in [6.45, 7) is 0.226. The summed E-state index contributed by atoms with van der Waals surface area (Å²) in [7, 11) is 0. The first-order valence-corrected chi connectivity index (χ1v) is 6.48. The summed E-state index contributed by atoms with van der Waals surface area (Å²) in [5.74, 6) is 5.04. The van der Waals surface area contributed by atoms with Crippen molar-refractivity contribution in [2.45, 2.75) is 0 Å². The monoisotopic (exact) mass is 274 g/mol. The zero-order chi connectivity index (χ0) is 14.9. The number of ether oxygens (including phenoxy) is 1. The van der Waals surface area contributed by atoms with Gasteiger partial charge in [0.15, 0.2) is 0 Å². The molecule has 0 unspecified atom stereocenters. The van der Waals surface area contributed by atoms with Crippen LogP contribution in [0.1, 0.15) is 11.1 Å². The molecule has 21 heavy (non-hydrogen) atoms. The number of hydrogen-bond acceptors (Lipinski definition) is 2. The molecular weight excluding hydrogens is 260 g/mol. The molecule has 0 amide bonds. The van der Waals surface area contributed by atoms with E-state index in [0.29, 0.717) is 11.3 Å². The number of benzene rings is 2. The molecule has 0 N–H and O–H groups in total. The number of terminal acetylenes is 1. The molecule has 2 aromatic carbocycles. The lowest BCUT2D eigenvalue weighted by Crippen LogP contribution is -1.93. The predicted molar refractivity (Wildman–Crippen MR) is 85.3 cm³/mol. The van der Waals surface area contributed by atoms with E-state index in [1.807, 2.05) is 42.3 Å². The lowest BCUT2D eigenvalue weighted by atomic mass is 10.1. The van der Waals surface area contributed by atoms with Crippen molar-refractivity contribution < 1.29 is 9.53 Å². The van der Waals surface area contributed by atoms with Gasteiger partial charge in [-0.05, 0) is 41.5 Å². The Morgan fingerprint density at radius 1 is 1.10 bits per heavy atom. The van der Waals surface area contributed by atoms with Gasteiger partial charge in [0.2, 0.25) is 0 Å². The van der Waals surface area contributed by atoms with Crippen LogP contribution in [0.2, 0.25) is 0 Å². The fourth-order valence-electron chi connectivity index (χ4n) is 1.79. The fourth-order valence-corrected chi connectivity index (χ4v) is 1.79. The van der Waals surface area contributed by atoms with Gasteiger partial charge in [-0.3, -0.25) is 0 Å². The van der Waals surface area contributed by atoms with Crippen LogP contribution in [0, 0.1) is 12.3 Å². The minimum atomic E-state index is 0.226. The number of hydrogen-bond donors (Lipinski definition) is 0. The van der Waals surface area contributed by atoms with E-state index in [0.717, 1.165) is 11.1 Å². The summed E-state index contributed by atoms with van der Waals surface area (Å²) in [5.41, 5.74) is 2.30. The Hall–Kier alpha value is -3.01. The van der Waals surface area contributed by atoms with Gasteiger partial charge >= 0.3 is 0 Å². The van der Waals surface area contributed by atoms with E-state index >= 15 is 0 Å². The Bertz CT molecular complexity index is 697. The average Bonchev–Trinajstić information content (AvgIpc) is 2.55. The van der Waals surface area contributed by atoms with Crippen molar-refractivity contribution in [2.24, 2.45) is 0 Å². The third kappa shape index (κ3) is 4.24. The highest BCUT2D eigenvalue weighted by molar-refractivity contribution is 5.95. The van der Waals surface area contributed by atoms with Crippen LogP contribution in [0.15, 0.2) is 60.7 Å². The van der Waals surface area contributed by atoms with E-state index in [4.69, 9.17) is 11.2 Å². The summed E-state index contributed by atoms with van der Waals surface area (Å²) in [6.07, 6.45) is 8.76. The van der Waals surface area contributed by atoms with Crippen molar-refractivity contribution in [2.75, 3.05) is 6.61 Å². The molecule has 0 aliphatic carbocycles. The summed E-state index contributed by atoms with van der Waals surface area (Å²) >= 11 is 0. The Morgan fingerprint density at radius 2 is 1.81 bits per heavy atom. The zero-order valence-corrected chi connectivity index (χ0v) is 11.5. The maximum absolute atomic E-state index is 11.1. The van der Waals surface area contributed by atoms with Crippen LogP contribution in [0.25, 0.3) is 11.6 Å². The zero-order valence-electron chi connectivity index (χ0n) is 11.5. The molecule has 0 radical (unpaired) electrons. The molecule has 0 aromatic heterocycles. The standard InChI is InChI=1S/C19H14O2/c1-2-14-21-19-12-10-17(11-13-19)18(15-20)9-8-16-6-4-3-5-7-16/h1,3-13H,14H2/b9-8+. The number of carbonyl (C=O) groups excluding carboxylic acids is 1. The molecule has 0 aliphatic heterocycles. The van der Waals surface area contributed by atoms with Crippen LogP contribution < -0.4 is 4.74 Å². The highest BCUT2D eigenvalue weighted by Crippen LogP contribution is 2.19. The second-order valence-electron chi connectivity index (χ2n) is 4.28. The molecule has 2 nitrogen and oxygen atoms in total. The summed E-state index contributed by atoms with van der Waals surface area (Å²) in [4.78, 5) is 11.1. The molecular formula is C19H14O2. The number of allylic oxidation sites excluding steroid dienone is 2. The molecule has 2 rings (SSSR count). The first-order valence-electron chi connectivity index (χ1n) is 6.48. The van der Waals surface area contributed by atoms with E-state index in [-0.39, 0.29) is 6.61 Å². The summed E-state index contributed by atoms with van der Waals surface area (Å²) < 4.78 is 5.29. The SMILES string of the molecule is C#CCOc1ccc(C(=C=O)/C=C/c2ccccc2)cc1. The summed E-state index contributed by atoms with van der Waals surface area (Å²) in [5, 5.41) is 0. The van der Waals surface area contributed by atoms with Gasteiger partial charge in [0.1, 0.15) is 18.3 Å². The van der Waals surface area contributed by atoms with Crippen molar-refractivity contribution in [1.29, 1.82) is 0 Å². The third-order valence-corrected chi connectivity index (χ3v) is 2.84. The average molecular weight is 274 g/mol. The van der Waals surface area contributed by atoms with Crippen LogP contribution in [-0.4, -0.2) is 12.5 Å². The highest BCUT2D eigenvalue weighted by atomic mass is 16.5. The molecule has 0 spiro atoms. The van der Waals surface area contributed by atoms with E-state index in [1.54, 1.807) is 30.3 Å². The maximum Gasteiger partial charge on any atom is 0.148 e. The van der Waals surface area contributed by atoms with Gasteiger partial charge in [-0.25, -0.2) is 4.79 Å². The molecule has 0 atom stereocenters. The van der Waals surface area contributed by atoms with Crippen molar-refractivity contribution in [3.63, 3.8) is 0 Å². The van der Waals surface area contributed by atoms with Crippen LogP contribution in [-0.2, 0) is 4.79 Å². The van der Waals surface area contributed by atoms with Gasteiger partial charge in [-0.15, -0.1) is 6.42 Å². The van der Waals surface area contributed by atoms with Crippen LogP contribution >= 0.6 is 0 Å². The van der Waals surface area contributed by atoms with Gasteiger partial charge in [0.05, 0.1) is 5.57 Å². The minimum Gasteiger partial charge on any atom is -0.481 e. The van der Waals surface area contributed by atoms with E-state index in [2.05, 4.69) is 5.92 Å². The first kappa shape index (κ1) is 14.4. The van der Waals surface area contributed by atoms with Gasteiger partial charge in [0.25, 0.3) is 0 Å². The Morgan fingerprint density at radius 3 is 2.43 bits per heavy atom. The molecule has 2 heteroatoms. The van der Waals surface area contributed by atoms with Gasteiger partial charge in [-0.2, -0.15) is 0 Å². The lowest BCUT2D eigenvalue weighted by molar-refractivity contribution is 0.370. The van der Waals surface area contributed by atoms with E-state index < -0.39 is 0 Å². The molecule has 0 saturated carbocycles. The van der Waals surface area contributed by atoms with Crippen molar-refractivity contribution >= 4 is 17.6 Å². The van der Waals surface area contributed by atoms with Gasteiger partial charge < -0.3 is 4.74 Å². The molecule has 0 fully saturated rings. The number of rotatable bonds is 5.